The molecular weight excluding hydrogens is 364 g/mol. The Morgan fingerprint density at radius 2 is 1.88 bits per heavy atom. The van der Waals surface area contributed by atoms with Crippen molar-refractivity contribution < 1.29 is 24.2 Å². The Kier molecular flexibility index (Phi) is 5.36. The molecule has 0 spiro atoms. The largest absolute Gasteiger partial charge is 0.459 e. The second kappa shape index (κ2) is 7.02. The van der Waals surface area contributed by atoms with E-state index in [0.29, 0.717) is 6.42 Å². The number of hydrogen-bond acceptors (Lipinski definition) is 8. The lowest BCUT2D eigenvalue weighted by Crippen LogP contribution is -2.44. The highest BCUT2D eigenvalue weighted by Crippen LogP contribution is 2.47. The fraction of sp³-hybridized carbons (Fsp3) is 0.500. The minimum atomic E-state index is -1.58. The summed E-state index contributed by atoms with van der Waals surface area (Å²) in [5.74, 6) is -1.10. The van der Waals surface area contributed by atoms with Crippen molar-refractivity contribution >= 4 is 34.9 Å². The number of hydrogen-bond donors (Lipinski definition) is 0. The van der Waals surface area contributed by atoms with Gasteiger partial charge in [0, 0.05) is 12.5 Å². The summed E-state index contributed by atoms with van der Waals surface area (Å²) in [4.78, 5) is 45.9. The van der Waals surface area contributed by atoms with E-state index in [1.54, 1.807) is 20.8 Å². The normalized spacial score (nSPS) is 20.0. The summed E-state index contributed by atoms with van der Waals surface area (Å²) in [6.07, 6.45) is 0.832. The third kappa shape index (κ3) is 4.01. The molecule has 0 aliphatic heterocycles. The highest BCUT2D eigenvalue weighted by atomic mass is 32.2. The van der Waals surface area contributed by atoms with Crippen LogP contribution < -0.4 is 0 Å². The molecule has 0 N–H and O–H groups in total. The average Bonchev–Trinajstić information content (AvgIpc) is 2.87. The molecule has 0 saturated heterocycles. The molecule has 1 aliphatic rings. The smallest absolute Gasteiger partial charge is 0.330 e. The molecular formula is C16H18N2O7S. The van der Waals surface area contributed by atoms with Crippen LogP contribution in [0, 0.1) is 20.2 Å². The molecule has 1 atom stereocenters. The number of Topliss-reactive ketones (excluding diaryl/α,β-unsaturated/α-hetero) is 1. The third-order valence-electron chi connectivity index (χ3n) is 3.75. The van der Waals surface area contributed by atoms with Crippen LogP contribution in [0.1, 0.15) is 40.0 Å². The van der Waals surface area contributed by atoms with Gasteiger partial charge in [-0.25, -0.2) is 0 Å². The van der Waals surface area contributed by atoms with E-state index in [-0.39, 0.29) is 23.5 Å². The Morgan fingerprint density at radius 3 is 2.35 bits per heavy atom. The molecule has 0 bridgehead atoms. The lowest BCUT2D eigenvalue weighted by atomic mass is 10.1. The summed E-state index contributed by atoms with van der Waals surface area (Å²) in [6.45, 7) is 4.99. The maximum atomic E-state index is 12.7. The summed E-state index contributed by atoms with van der Waals surface area (Å²) < 4.78 is 3.80. The number of nitro groups is 2. The minimum absolute atomic E-state index is 0.0155. The lowest BCUT2D eigenvalue weighted by molar-refractivity contribution is -0.396. The molecule has 0 unspecified atom stereocenters. The monoisotopic (exact) mass is 382 g/mol. The molecule has 1 aliphatic carbocycles. The number of nitro benzene ring substituents is 2. The van der Waals surface area contributed by atoms with Crippen LogP contribution in [0.4, 0.5) is 11.4 Å². The first-order valence-electron chi connectivity index (χ1n) is 7.85. The molecule has 2 rings (SSSR count). The van der Waals surface area contributed by atoms with Crippen molar-refractivity contribution in [3.8, 4) is 0 Å². The number of thioether (sulfide) groups is 1. The van der Waals surface area contributed by atoms with Gasteiger partial charge < -0.3 is 4.74 Å². The molecule has 1 saturated carbocycles. The van der Waals surface area contributed by atoms with Gasteiger partial charge >= 0.3 is 5.97 Å². The number of ether oxygens (including phenoxy) is 1. The minimum Gasteiger partial charge on any atom is -0.459 e. The van der Waals surface area contributed by atoms with Gasteiger partial charge in [-0.05, 0) is 39.7 Å². The fourth-order valence-electron chi connectivity index (χ4n) is 2.60. The molecule has 1 aromatic rings. The van der Waals surface area contributed by atoms with E-state index in [1.165, 1.54) is 6.07 Å². The Hall–Kier alpha value is -2.49. The fourth-order valence-corrected chi connectivity index (χ4v) is 3.94. The summed E-state index contributed by atoms with van der Waals surface area (Å²) in [5, 5.41) is 22.2. The standard InChI is InChI=1S/C16H18N2O7S/c1-15(2,3)25-14(20)16(8-4-5-13(16)19)26-12-7-6-10(17(21)22)9-11(12)18(23)24/h6-7,9H,4-5,8H2,1-3H3/t16-/m1/s1. The maximum Gasteiger partial charge on any atom is 0.330 e. The van der Waals surface area contributed by atoms with E-state index >= 15 is 0 Å². The SMILES string of the molecule is CC(C)(C)OC(=O)[C@@]1(Sc2ccc([N+](=O)[O-])cc2[N+](=O)[O-])CCCC1=O. The van der Waals surface area contributed by atoms with Crippen molar-refractivity contribution in [2.45, 2.75) is 55.3 Å². The average molecular weight is 382 g/mol. The van der Waals surface area contributed by atoms with Crippen LogP contribution in [0.2, 0.25) is 0 Å². The Morgan fingerprint density at radius 1 is 1.23 bits per heavy atom. The summed E-state index contributed by atoms with van der Waals surface area (Å²) in [5.41, 5.74) is -1.79. The second-order valence-electron chi connectivity index (χ2n) is 6.87. The first-order chi connectivity index (χ1) is 12.0. The van der Waals surface area contributed by atoms with Crippen LogP contribution in [0.5, 0.6) is 0 Å². The van der Waals surface area contributed by atoms with Crippen LogP contribution in [0.3, 0.4) is 0 Å². The van der Waals surface area contributed by atoms with Gasteiger partial charge in [0.2, 0.25) is 0 Å². The van der Waals surface area contributed by atoms with Crippen molar-refractivity contribution in [2.24, 2.45) is 0 Å². The van der Waals surface area contributed by atoms with Gasteiger partial charge in [-0.1, -0.05) is 11.8 Å². The Labute approximate surface area is 153 Å². The molecule has 9 nitrogen and oxygen atoms in total. The molecule has 140 valence electrons. The topological polar surface area (TPSA) is 130 Å². The highest BCUT2D eigenvalue weighted by Gasteiger charge is 2.52. The maximum absolute atomic E-state index is 12.7. The van der Waals surface area contributed by atoms with Gasteiger partial charge in [0.1, 0.15) is 5.60 Å². The van der Waals surface area contributed by atoms with E-state index < -0.39 is 37.5 Å². The van der Waals surface area contributed by atoms with Crippen LogP contribution in [-0.2, 0) is 14.3 Å². The molecule has 0 radical (unpaired) electrons. The molecule has 0 amide bonds. The van der Waals surface area contributed by atoms with Crippen LogP contribution in [0.25, 0.3) is 0 Å². The summed E-state index contributed by atoms with van der Waals surface area (Å²) in [6, 6.07) is 3.13. The Bertz CT molecular complexity index is 787. The third-order valence-corrected chi connectivity index (χ3v) is 5.26. The summed E-state index contributed by atoms with van der Waals surface area (Å²) in [7, 11) is 0. The van der Waals surface area contributed by atoms with Gasteiger partial charge in [0.05, 0.1) is 20.8 Å². The summed E-state index contributed by atoms with van der Waals surface area (Å²) >= 11 is 0.743. The zero-order chi connectivity index (χ0) is 19.7. The van der Waals surface area contributed by atoms with Crippen LogP contribution in [0.15, 0.2) is 23.1 Å². The molecule has 1 fully saturated rings. The highest BCUT2D eigenvalue weighted by molar-refractivity contribution is 8.02. The first kappa shape index (κ1) is 19.8. The van der Waals surface area contributed by atoms with Crippen molar-refractivity contribution in [3.05, 3.63) is 38.4 Å². The van der Waals surface area contributed by atoms with Crippen molar-refractivity contribution in [1.82, 2.24) is 0 Å². The van der Waals surface area contributed by atoms with Gasteiger partial charge in [-0.3, -0.25) is 29.8 Å². The van der Waals surface area contributed by atoms with E-state index in [9.17, 15) is 29.8 Å². The number of nitrogens with zero attached hydrogens (tertiary/aromatic N) is 2. The molecule has 26 heavy (non-hydrogen) atoms. The van der Waals surface area contributed by atoms with E-state index in [0.717, 1.165) is 23.9 Å². The number of rotatable bonds is 5. The van der Waals surface area contributed by atoms with Crippen LogP contribution in [-0.4, -0.2) is 31.9 Å². The van der Waals surface area contributed by atoms with Crippen LogP contribution >= 0.6 is 11.8 Å². The molecule has 1 aromatic carbocycles. The lowest BCUT2D eigenvalue weighted by Gasteiger charge is -2.29. The van der Waals surface area contributed by atoms with Gasteiger partial charge in [0.15, 0.2) is 10.5 Å². The van der Waals surface area contributed by atoms with Gasteiger partial charge in [0.25, 0.3) is 11.4 Å². The zero-order valence-corrected chi connectivity index (χ0v) is 15.3. The predicted octanol–water partition coefficient (Wildman–Crippen LogP) is 3.43. The van der Waals surface area contributed by atoms with E-state index in [2.05, 4.69) is 0 Å². The van der Waals surface area contributed by atoms with Crippen molar-refractivity contribution in [3.63, 3.8) is 0 Å². The van der Waals surface area contributed by atoms with Gasteiger partial charge in [-0.2, -0.15) is 0 Å². The predicted molar refractivity (Wildman–Crippen MR) is 93.0 cm³/mol. The quantitative estimate of drug-likeness (QED) is 0.328. The first-order valence-corrected chi connectivity index (χ1v) is 8.66. The number of ketones is 1. The number of esters is 1. The number of non-ortho nitro benzene ring substituents is 1. The molecule has 0 aromatic heterocycles. The number of benzene rings is 1. The second-order valence-corrected chi connectivity index (χ2v) is 8.21. The zero-order valence-electron chi connectivity index (χ0n) is 14.5. The molecule has 10 heteroatoms. The van der Waals surface area contributed by atoms with E-state index in [4.69, 9.17) is 4.74 Å². The number of carbonyl (C=O) groups is 2. The Balaban J connectivity index is 2.47. The number of carbonyl (C=O) groups excluding carboxylic acids is 2. The van der Waals surface area contributed by atoms with Gasteiger partial charge in [-0.15, -0.1) is 0 Å². The molecule has 0 heterocycles. The van der Waals surface area contributed by atoms with E-state index in [1.807, 2.05) is 0 Å². The van der Waals surface area contributed by atoms with Crippen molar-refractivity contribution in [2.75, 3.05) is 0 Å². The van der Waals surface area contributed by atoms with Crippen molar-refractivity contribution in [1.29, 1.82) is 0 Å².